The Bertz CT molecular complexity index is 717. The van der Waals surface area contributed by atoms with Gasteiger partial charge in [0.15, 0.2) is 0 Å². The lowest BCUT2D eigenvalue weighted by Crippen LogP contribution is -2.14. The van der Waals surface area contributed by atoms with E-state index < -0.39 is 10.0 Å². The first-order chi connectivity index (χ1) is 8.90. The highest BCUT2D eigenvalue weighted by Gasteiger charge is 2.18. The summed E-state index contributed by atoms with van der Waals surface area (Å²) in [5, 5.41) is 0. The van der Waals surface area contributed by atoms with E-state index in [4.69, 9.17) is 5.73 Å². The van der Waals surface area contributed by atoms with Gasteiger partial charge in [-0.2, -0.15) is 0 Å². The van der Waals surface area contributed by atoms with Crippen molar-refractivity contribution in [1.82, 2.24) is 4.98 Å². The van der Waals surface area contributed by atoms with E-state index in [1.807, 2.05) is 0 Å². The molecule has 0 saturated heterocycles. The minimum absolute atomic E-state index is 0.101. The number of hydrogen-bond donors (Lipinski definition) is 2. The summed E-state index contributed by atoms with van der Waals surface area (Å²) in [6, 6.07) is 6.24. The summed E-state index contributed by atoms with van der Waals surface area (Å²) >= 11 is 3.21. The third-order valence-corrected chi connectivity index (χ3v) is 4.87. The van der Waals surface area contributed by atoms with Crippen LogP contribution in [0.3, 0.4) is 0 Å². The fraction of sp³-hybridized carbons (Fsp3) is 0.0833. The summed E-state index contributed by atoms with van der Waals surface area (Å²) in [7, 11) is -3.69. The Balaban J connectivity index is 2.44. The highest BCUT2D eigenvalue weighted by atomic mass is 79.9. The van der Waals surface area contributed by atoms with E-state index in [1.54, 1.807) is 31.3 Å². The van der Waals surface area contributed by atoms with Gasteiger partial charge < -0.3 is 5.73 Å². The standard InChI is InChI=1S/C12H12BrN3O2S/c1-8-7-15-5-4-11(8)16-19(17,18)12-6-9(14)2-3-10(12)13/h2-7H,14H2,1H3,(H,15,16). The van der Waals surface area contributed by atoms with Crippen molar-refractivity contribution < 1.29 is 8.42 Å². The third kappa shape index (κ3) is 3.05. The number of halogens is 1. The molecule has 0 radical (unpaired) electrons. The summed E-state index contributed by atoms with van der Waals surface area (Å²) in [5.74, 6) is 0. The number of nitrogens with two attached hydrogens (primary N) is 1. The Kier molecular flexibility index (Phi) is 3.77. The van der Waals surface area contributed by atoms with Crippen LogP contribution in [0, 0.1) is 6.92 Å². The van der Waals surface area contributed by atoms with Crippen molar-refractivity contribution in [3.63, 3.8) is 0 Å². The van der Waals surface area contributed by atoms with Crippen LogP contribution in [-0.4, -0.2) is 13.4 Å². The number of aromatic nitrogens is 1. The van der Waals surface area contributed by atoms with Crippen LogP contribution in [0.5, 0.6) is 0 Å². The molecule has 7 heteroatoms. The molecule has 0 saturated carbocycles. The van der Waals surface area contributed by atoms with Gasteiger partial charge in [-0.25, -0.2) is 8.42 Å². The summed E-state index contributed by atoms with van der Waals surface area (Å²) in [6.07, 6.45) is 3.12. The number of nitrogen functional groups attached to an aromatic ring is 1. The molecule has 1 aromatic carbocycles. The third-order valence-electron chi connectivity index (χ3n) is 2.51. The summed E-state index contributed by atoms with van der Waals surface area (Å²) in [6.45, 7) is 1.78. The molecule has 0 aliphatic heterocycles. The Morgan fingerprint density at radius 2 is 2.05 bits per heavy atom. The van der Waals surface area contributed by atoms with Crippen LogP contribution in [0.4, 0.5) is 11.4 Å². The number of anilines is 2. The van der Waals surface area contributed by atoms with Gasteiger partial charge in [-0.1, -0.05) is 0 Å². The van der Waals surface area contributed by atoms with E-state index in [1.165, 1.54) is 12.3 Å². The minimum atomic E-state index is -3.69. The molecule has 2 rings (SSSR count). The topological polar surface area (TPSA) is 85.1 Å². The molecule has 0 aliphatic carbocycles. The number of aryl methyl sites for hydroxylation is 1. The zero-order chi connectivity index (χ0) is 14.0. The molecule has 1 heterocycles. The lowest BCUT2D eigenvalue weighted by atomic mass is 10.3. The SMILES string of the molecule is Cc1cnccc1NS(=O)(=O)c1cc(N)ccc1Br. The Morgan fingerprint density at radius 1 is 1.32 bits per heavy atom. The van der Waals surface area contributed by atoms with E-state index in [0.29, 0.717) is 15.8 Å². The van der Waals surface area contributed by atoms with Crippen LogP contribution in [0.15, 0.2) is 46.0 Å². The van der Waals surface area contributed by atoms with Crippen molar-refractivity contribution in [3.05, 3.63) is 46.7 Å². The fourth-order valence-electron chi connectivity index (χ4n) is 1.51. The molecular formula is C12H12BrN3O2S. The van der Waals surface area contributed by atoms with Gasteiger partial charge in [0.1, 0.15) is 4.90 Å². The first kappa shape index (κ1) is 13.8. The highest BCUT2D eigenvalue weighted by molar-refractivity contribution is 9.10. The lowest BCUT2D eigenvalue weighted by molar-refractivity contribution is 0.600. The first-order valence-electron chi connectivity index (χ1n) is 5.38. The molecule has 19 heavy (non-hydrogen) atoms. The van der Waals surface area contributed by atoms with E-state index in [0.717, 1.165) is 5.56 Å². The number of hydrogen-bond acceptors (Lipinski definition) is 4. The second-order valence-electron chi connectivity index (χ2n) is 3.99. The highest BCUT2D eigenvalue weighted by Crippen LogP contribution is 2.26. The van der Waals surface area contributed by atoms with Crippen LogP contribution in [0.1, 0.15) is 5.56 Å². The average molecular weight is 342 g/mol. The Morgan fingerprint density at radius 3 is 2.74 bits per heavy atom. The van der Waals surface area contributed by atoms with Gasteiger partial charge >= 0.3 is 0 Å². The average Bonchev–Trinajstić information content (AvgIpc) is 2.35. The molecule has 0 fully saturated rings. The number of benzene rings is 1. The zero-order valence-corrected chi connectivity index (χ0v) is 12.5. The smallest absolute Gasteiger partial charge is 0.263 e. The monoisotopic (exact) mass is 341 g/mol. The second-order valence-corrected chi connectivity index (χ2v) is 6.49. The van der Waals surface area contributed by atoms with Crippen LogP contribution in [0.2, 0.25) is 0 Å². The number of sulfonamides is 1. The van der Waals surface area contributed by atoms with Gasteiger partial charge in [0.2, 0.25) is 0 Å². The van der Waals surface area contributed by atoms with Crippen LogP contribution in [0.25, 0.3) is 0 Å². The molecule has 0 bridgehead atoms. The summed E-state index contributed by atoms with van der Waals surface area (Å²) in [4.78, 5) is 4.02. The summed E-state index contributed by atoms with van der Waals surface area (Å²) < 4.78 is 27.6. The van der Waals surface area contributed by atoms with Gasteiger partial charge in [0.25, 0.3) is 10.0 Å². The quantitative estimate of drug-likeness (QED) is 0.840. The predicted octanol–water partition coefficient (Wildman–Crippen LogP) is 2.54. The van der Waals surface area contributed by atoms with Crippen molar-refractivity contribution in [3.8, 4) is 0 Å². The molecule has 3 N–H and O–H groups in total. The second kappa shape index (κ2) is 5.18. The van der Waals surface area contributed by atoms with Gasteiger partial charge in [-0.15, -0.1) is 0 Å². The molecule has 1 aromatic heterocycles. The Hall–Kier alpha value is -1.60. The van der Waals surface area contributed by atoms with E-state index in [2.05, 4.69) is 25.6 Å². The number of pyridine rings is 1. The number of nitrogens with zero attached hydrogens (tertiary/aromatic N) is 1. The van der Waals surface area contributed by atoms with Crippen molar-refractivity contribution in [2.45, 2.75) is 11.8 Å². The number of rotatable bonds is 3. The lowest BCUT2D eigenvalue weighted by Gasteiger charge is -2.11. The largest absolute Gasteiger partial charge is 0.399 e. The molecule has 5 nitrogen and oxygen atoms in total. The minimum Gasteiger partial charge on any atom is -0.399 e. The molecule has 0 amide bonds. The molecule has 0 unspecified atom stereocenters. The van der Waals surface area contributed by atoms with Crippen LogP contribution < -0.4 is 10.5 Å². The van der Waals surface area contributed by atoms with Crippen molar-refractivity contribution in [2.75, 3.05) is 10.5 Å². The first-order valence-corrected chi connectivity index (χ1v) is 7.66. The molecule has 2 aromatic rings. The van der Waals surface area contributed by atoms with Gasteiger partial charge in [-0.3, -0.25) is 9.71 Å². The molecule has 0 aliphatic rings. The maximum Gasteiger partial charge on any atom is 0.263 e. The van der Waals surface area contributed by atoms with Crippen molar-refractivity contribution in [2.24, 2.45) is 0 Å². The normalized spacial score (nSPS) is 11.3. The van der Waals surface area contributed by atoms with Crippen molar-refractivity contribution in [1.29, 1.82) is 0 Å². The van der Waals surface area contributed by atoms with Gasteiger partial charge in [-0.05, 0) is 52.7 Å². The fourth-order valence-corrected chi connectivity index (χ4v) is 3.64. The van der Waals surface area contributed by atoms with E-state index in [-0.39, 0.29) is 4.90 Å². The van der Waals surface area contributed by atoms with Gasteiger partial charge in [0, 0.05) is 22.6 Å². The zero-order valence-electron chi connectivity index (χ0n) is 10.1. The molecule has 100 valence electrons. The Labute approximate surface area is 120 Å². The van der Waals surface area contributed by atoms with E-state index >= 15 is 0 Å². The number of nitrogens with one attached hydrogen (secondary N) is 1. The van der Waals surface area contributed by atoms with E-state index in [9.17, 15) is 8.42 Å². The molecular weight excluding hydrogens is 330 g/mol. The predicted molar refractivity (Wildman–Crippen MR) is 78.3 cm³/mol. The van der Waals surface area contributed by atoms with Crippen LogP contribution >= 0.6 is 15.9 Å². The molecule has 0 atom stereocenters. The summed E-state index contributed by atoms with van der Waals surface area (Å²) in [5.41, 5.74) is 7.24. The van der Waals surface area contributed by atoms with Gasteiger partial charge in [0.05, 0.1) is 5.69 Å². The molecule has 0 spiro atoms. The van der Waals surface area contributed by atoms with Crippen molar-refractivity contribution >= 4 is 37.3 Å². The maximum absolute atomic E-state index is 12.3. The van der Waals surface area contributed by atoms with Crippen LogP contribution in [-0.2, 0) is 10.0 Å². The maximum atomic E-state index is 12.3.